The Morgan fingerprint density at radius 1 is 1.40 bits per heavy atom. The largest absolute Gasteiger partial charge is 0.492 e. The third-order valence-electron chi connectivity index (χ3n) is 2.07. The Morgan fingerprint density at radius 2 is 2.20 bits per heavy atom. The van der Waals surface area contributed by atoms with Gasteiger partial charge in [-0.15, -0.1) is 0 Å². The fourth-order valence-corrected chi connectivity index (χ4v) is 1.24. The normalized spacial score (nSPS) is 9.67. The molecule has 0 bridgehead atoms. The Morgan fingerprint density at radius 3 is 2.87 bits per heavy atom. The number of hydrogen-bond donors (Lipinski definition) is 0. The molecule has 80 valence electrons. The maximum absolute atomic E-state index is 12.9. The number of ether oxygens (including phenoxy) is 1. The summed E-state index contributed by atoms with van der Waals surface area (Å²) in [5.41, 5.74) is 0.382. The highest BCUT2D eigenvalue weighted by Gasteiger charge is 2.04. The second-order valence-electron chi connectivity index (χ2n) is 3.31. The van der Waals surface area contributed by atoms with Crippen molar-refractivity contribution < 1.29 is 9.13 Å². The van der Waals surface area contributed by atoms with Crippen LogP contribution in [0, 0.1) is 17.1 Å². The zero-order valence-electron chi connectivity index (χ0n) is 8.79. The van der Waals surface area contributed by atoms with Gasteiger partial charge in [0, 0.05) is 6.07 Å². The van der Waals surface area contributed by atoms with E-state index in [4.69, 9.17) is 10.00 Å². The number of hydrogen-bond acceptors (Lipinski definition) is 2. The van der Waals surface area contributed by atoms with Gasteiger partial charge in [-0.2, -0.15) is 5.26 Å². The molecular weight excluding hydrogens is 193 g/mol. The highest BCUT2D eigenvalue weighted by atomic mass is 19.1. The molecule has 0 N–H and O–H groups in total. The van der Waals surface area contributed by atoms with Crippen molar-refractivity contribution >= 4 is 0 Å². The minimum atomic E-state index is -0.375. The van der Waals surface area contributed by atoms with Crippen LogP contribution in [-0.4, -0.2) is 6.61 Å². The van der Waals surface area contributed by atoms with Crippen molar-refractivity contribution in [2.24, 2.45) is 0 Å². The van der Waals surface area contributed by atoms with Gasteiger partial charge < -0.3 is 4.74 Å². The molecule has 0 aliphatic carbocycles. The molecular formula is C12H14FNO. The standard InChI is InChI=1S/C12H14FNO/c1-2-3-4-7-15-12-8-11(13)6-5-10(12)9-14/h5-6,8H,2-4,7H2,1H3. The van der Waals surface area contributed by atoms with Crippen LogP contribution in [0.15, 0.2) is 18.2 Å². The van der Waals surface area contributed by atoms with Gasteiger partial charge in [0.1, 0.15) is 17.6 Å². The summed E-state index contributed by atoms with van der Waals surface area (Å²) in [4.78, 5) is 0. The Balaban J connectivity index is 2.59. The summed E-state index contributed by atoms with van der Waals surface area (Å²) in [5.74, 6) is -0.0342. The fourth-order valence-electron chi connectivity index (χ4n) is 1.24. The van der Waals surface area contributed by atoms with Crippen LogP contribution in [0.1, 0.15) is 31.7 Å². The average molecular weight is 207 g/mol. The van der Waals surface area contributed by atoms with Crippen LogP contribution < -0.4 is 4.74 Å². The maximum Gasteiger partial charge on any atom is 0.139 e. The highest BCUT2D eigenvalue weighted by molar-refractivity contribution is 5.42. The monoisotopic (exact) mass is 207 g/mol. The predicted octanol–water partition coefficient (Wildman–Crippen LogP) is 3.27. The van der Waals surface area contributed by atoms with Gasteiger partial charge in [0.15, 0.2) is 0 Å². The van der Waals surface area contributed by atoms with E-state index in [9.17, 15) is 4.39 Å². The van der Waals surface area contributed by atoms with Gasteiger partial charge >= 0.3 is 0 Å². The molecule has 15 heavy (non-hydrogen) atoms. The number of halogens is 1. The van der Waals surface area contributed by atoms with Crippen molar-refractivity contribution in [1.29, 1.82) is 5.26 Å². The molecule has 0 fully saturated rings. The first kappa shape index (κ1) is 11.5. The van der Waals surface area contributed by atoms with E-state index in [2.05, 4.69) is 6.92 Å². The Labute approximate surface area is 89.3 Å². The number of nitrogens with zero attached hydrogens (tertiary/aromatic N) is 1. The molecule has 0 atom stereocenters. The molecule has 1 aromatic carbocycles. The first-order valence-electron chi connectivity index (χ1n) is 5.10. The number of nitriles is 1. The summed E-state index contributed by atoms with van der Waals surface area (Å²) >= 11 is 0. The average Bonchev–Trinajstić information content (AvgIpc) is 2.25. The lowest BCUT2D eigenvalue weighted by molar-refractivity contribution is 0.304. The minimum Gasteiger partial charge on any atom is -0.492 e. The molecule has 0 saturated carbocycles. The molecule has 0 aromatic heterocycles. The molecule has 0 amide bonds. The van der Waals surface area contributed by atoms with Gasteiger partial charge in [-0.25, -0.2) is 4.39 Å². The summed E-state index contributed by atoms with van der Waals surface area (Å²) < 4.78 is 18.2. The van der Waals surface area contributed by atoms with E-state index in [0.29, 0.717) is 17.9 Å². The van der Waals surface area contributed by atoms with Crippen molar-refractivity contribution in [3.63, 3.8) is 0 Å². The Hall–Kier alpha value is -1.56. The second kappa shape index (κ2) is 6.02. The molecule has 0 spiro atoms. The van der Waals surface area contributed by atoms with Gasteiger partial charge in [0.25, 0.3) is 0 Å². The third-order valence-corrected chi connectivity index (χ3v) is 2.07. The van der Waals surface area contributed by atoms with Gasteiger partial charge in [-0.1, -0.05) is 19.8 Å². The van der Waals surface area contributed by atoms with Crippen molar-refractivity contribution in [1.82, 2.24) is 0 Å². The maximum atomic E-state index is 12.9. The summed E-state index contributed by atoms with van der Waals surface area (Å²) in [7, 11) is 0. The van der Waals surface area contributed by atoms with Gasteiger partial charge in [0.05, 0.1) is 12.2 Å². The van der Waals surface area contributed by atoms with Gasteiger partial charge in [-0.05, 0) is 18.6 Å². The van der Waals surface area contributed by atoms with Gasteiger partial charge in [-0.3, -0.25) is 0 Å². The first-order valence-corrected chi connectivity index (χ1v) is 5.10. The van der Waals surface area contributed by atoms with Crippen LogP contribution in [-0.2, 0) is 0 Å². The van der Waals surface area contributed by atoms with Crippen LogP contribution >= 0.6 is 0 Å². The zero-order valence-corrected chi connectivity index (χ0v) is 8.79. The molecule has 0 heterocycles. The lowest BCUT2D eigenvalue weighted by Crippen LogP contribution is -1.99. The molecule has 0 aliphatic rings. The molecule has 0 radical (unpaired) electrons. The highest BCUT2D eigenvalue weighted by Crippen LogP contribution is 2.19. The zero-order chi connectivity index (χ0) is 11.1. The van der Waals surface area contributed by atoms with E-state index in [1.165, 1.54) is 18.2 Å². The molecule has 1 aromatic rings. The predicted molar refractivity (Wildman–Crippen MR) is 56.1 cm³/mol. The first-order chi connectivity index (χ1) is 7.27. The van der Waals surface area contributed by atoms with E-state index in [-0.39, 0.29) is 5.82 Å². The van der Waals surface area contributed by atoms with Gasteiger partial charge in [0.2, 0.25) is 0 Å². The number of unbranched alkanes of at least 4 members (excludes halogenated alkanes) is 2. The van der Waals surface area contributed by atoms with Crippen LogP contribution in [0.5, 0.6) is 5.75 Å². The lowest BCUT2D eigenvalue weighted by Gasteiger charge is -2.07. The SMILES string of the molecule is CCCCCOc1cc(F)ccc1C#N. The molecule has 1 rings (SSSR count). The molecule has 0 saturated heterocycles. The summed E-state index contributed by atoms with van der Waals surface area (Å²) in [5, 5.41) is 8.76. The fraction of sp³-hybridized carbons (Fsp3) is 0.417. The number of rotatable bonds is 5. The van der Waals surface area contributed by atoms with Crippen LogP contribution in [0.3, 0.4) is 0 Å². The minimum absolute atomic E-state index is 0.341. The van der Waals surface area contributed by atoms with E-state index >= 15 is 0 Å². The van der Waals surface area contributed by atoms with Crippen LogP contribution in [0.4, 0.5) is 4.39 Å². The van der Waals surface area contributed by atoms with Crippen molar-refractivity contribution in [2.45, 2.75) is 26.2 Å². The second-order valence-corrected chi connectivity index (χ2v) is 3.31. The molecule has 3 heteroatoms. The van der Waals surface area contributed by atoms with Crippen molar-refractivity contribution in [2.75, 3.05) is 6.61 Å². The van der Waals surface area contributed by atoms with E-state index in [0.717, 1.165) is 19.3 Å². The lowest BCUT2D eigenvalue weighted by atomic mass is 10.2. The van der Waals surface area contributed by atoms with E-state index in [1.54, 1.807) is 0 Å². The summed E-state index contributed by atoms with van der Waals surface area (Å²) in [6, 6.07) is 5.92. The topological polar surface area (TPSA) is 33.0 Å². The van der Waals surface area contributed by atoms with Crippen LogP contribution in [0.25, 0.3) is 0 Å². The molecule has 0 unspecified atom stereocenters. The van der Waals surface area contributed by atoms with Crippen molar-refractivity contribution in [3.05, 3.63) is 29.6 Å². The quantitative estimate of drug-likeness (QED) is 0.694. The smallest absolute Gasteiger partial charge is 0.139 e. The van der Waals surface area contributed by atoms with E-state index < -0.39 is 0 Å². The Bertz CT molecular complexity index is 357. The van der Waals surface area contributed by atoms with E-state index in [1.807, 2.05) is 6.07 Å². The molecule has 0 aliphatic heterocycles. The third kappa shape index (κ3) is 3.59. The number of benzene rings is 1. The summed E-state index contributed by atoms with van der Waals surface area (Å²) in [6.45, 7) is 2.63. The molecule has 2 nitrogen and oxygen atoms in total. The Kier molecular flexibility index (Phi) is 4.62. The summed E-state index contributed by atoms with van der Waals surface area (Å²) in [6.07, 6.45) is 3.12. The van der Waals surface area contributed by atoms with Crippen molar-refractivity contribution in [3.8, 4) is 11.8 Å². The van der Waals surface area contributed by atoms with Crippen LogP contribution in [0.2, 0.25) is 0 Å².